The minimum atomic E-state index is -4.39. The molecule has 2 rings (SSSR count). The number of hydrogen-bond acceptors (Lipinski definition) is 2. The first kappa shape index (κ1) is 20.6. The van der Waals surface area contributed by atoms with Crippen LogP contribution in [0.5, 0.6) is 0 Å². The summed E-state index contributed by atoms with van der Waals surface area (Å²) in [6.07, 6.45) is -3.69. The molecule has 1 fully saturated rings. The van der Waals surface area contributed by atoms with Crippen molar-refractivity contribution in [2.45, 2.75) is 32.5 Å². The summed E-state index contributed by atoms with van der Waals surface area (Å²) >= 11 is 5.80. The molecule has 1 heterocycles. The van der Waals surface area contributed by atoms with Gasteiger partial charge in [0.2, 0.25) is 0 Å². The third-order valence-corrected chi connectivity index (χ3v) is 4.20. The van der Waals surface area contributed by atoms with Gasteiger partial charge in [0.1, 0.15) is 0 Å². The molecule has 1 N–H and O–H groups in total. The molecule has 0 aromatic heterocycles. The van der Waals surface area contributed by atoms with Gasteiger partial charge in [0.25, 0.3) is 0 Å². The molecule has 1 saturated heterocycles. The third-order valence-electron chi connectivity index (χ3n) is 3.97. The predicted molar refractivity (Wildman–Crippen MR) is 90.3 cm³/mol. The van der Waals surface area contributed by atoms with E-state index < -0.39 is 11.7 Å². The molecule has 0 saturated carbocycles. The van der Waals surface area contributed by atoms with Crippen LogP contribution in [0.2, 0.25) is 5.02 Å². The third kappa shape index (κ3) is 5.52. The lowest BCUT2D eigenvalue weighted by Gasteiger charge is -2.37. The number of nitrogens with zero attached hydrogens (tertiary/aromatic N) is 1. The van der Waals surface area contributed by atoms with E-state index in [-0.39, 0.29) is 23.5 Å². The first-order valence-corrected chi connectivity index (χ1v) is 7.98. The van der Waals surface area contributed by atoms with Gasteiger partial charge in [0.15, 0.2) is 0 Å². The largest absolute Gasteiger partial charge is 0.416 e. The zero-order valence-corrected chi connectivity index (χ0v) is 14.9. The fourth-order valence-electron chi connectivity index (χ4n) is 2.98. The zero-order chi connectivity index (χ0) is 16.3. The highest BCUT2D eigenvalue weighted by Crippen LogP contribution is 2.40. The Morgan fingerprint density at radius 2 is 1.83 bits per heavy atom. The maximum Gasteiger partial charge on any atom is 0.416 e. The molecular weight excluding hydrogens is 348 g/mol. The Balaban J connectivity index is 0.00000264. The van der Waals surface area contributed by atoms with Gasteiger partial charge in [-0.2, -0.15) is 13.2 Å². The second-order valence-electron chi connectivity index (χ2n) is 6.16. The molecule has 0 spiro atoms. The number of nitrogens with one attached hydrogen (secondary N) is 1. The number of piperazine rings is 1. The molecule has 132 valence electrons. The van der Waals surface area contributed by atoms with E-state index in [1.165, 1.54) is 0 Å². The van der Waals surface area contributed by atoms with E-state index in [0.717, 1.165) is 32.2 Å². The van der Waals surface area contributed by atoms with Crippen molar-refractivity contribution in [2.24, 2.45) is 5.92 Å². The molecular formula is C16H23Cl2F3N2. The average Bonchev–Trinajstić information content (AvgIpc) is 2.45. The lowest BCUT2D eigenvalue weighted by molar-refractivity contribution is -0.138. The van der Waals surface area contributed by atoms with Crippen molar-refractivity contribution < 1.29 is 13.2 Å². The lowest BCUT2D eigenvalue weighted by Crippen LogP contribution is -2.45. The quantitative estimate of drug-likeness (QED) is 0.820. The van der Waals surface area contributed by atoms with Crippen LogP contribution in [0.3, 0.4) is 0 Å². The normalized spacial score (nSPS) is 17.9. The molecule has 0 amide bonds. The molecule has 0 radical (unpaired) electrons. The van der Waals surface area contributed by atoms with E-state index in [0.29, 0.717) is 17.9 Å². The minimum absolute atomic E-state index is 0. The Morgan fingerprint density at radius 1 is 1.22 bits per heavy atom. The zero-order valence-electron chi connectivity index (χ0n) is 13.3. The fraction of sp³-hybridized carbons (Fsp3) is 0.625. The summed E-state index contributed by atoms with van der Waals surface area (Å²) in [5.74, 6) is 0.316. The van der Waals surface area contributed by atoms with Crippen LogP contribution < -0.4 is 5.32 Å². The lowest BCUT2D eigenvalue weighted by atomic mass is 9.91. The molecule has 1 atom stereocenters. The summed E-state index contributed by atoms with van der Waals surface area (Å²) in [6.45, 7) is 7.22. The fourth-order valence-corrected chi connectivity index (χ4v) is 3.15. The van der Waals surface area contributed by atoms with Crippen LogP contribution in [0.4, 0.5) is 13.2 Å². The monoisotopic (exact) mass is 370 g/mol. The summed E-state index contributed by atoms with van der Waals surface area (Å²) in [5.41, 5.74) is -0.267. The van der Waals surface area contributed by atoms with E-state index in [1.807, 2.05) is 13.8 Å². The van der Waals surface area contributed by atoms with Gasteiger partial charge in [-0.1, -0.05) is 31.5 Å². The first-order valence-electron chi connectivity index (χ1n) is 7.60. The average molecular weight is 371 g/mol. The molecule has 1 aromatic carbocycles. The van der Waals surface area contributed by atoms with Crippen molar-refractivity contribution in [1.82, 2.24) is 10.2 Å². The van der Waals surface area contributed by atoms with Gasteiger partial charge in [-0.25, -0.2) is 0 Å². The molecule has 0 aliphatic carbocycles. The Labute approximate surface area is 146 Å². The van der Waals surface area contributed by atoms with Crippen LogP contribution in [0.1, 0.15) is 37.4 Å². The van der Waals surface area contributed by atoms with Gasteiger partial charge >= 0.3 is 6.18 Å². The van der Waals surface area contributed by atoms with Crippen molar-refractivity contribution in [3.8, 4) is 0 Å². The van der Waals surface area contributed by atoms with Crippen molar-refractivity contribution in [1.29, 1.82) is 0 Å². The van der Waals surface area contributed by atoms with E-state index >= 15 is 0 Å². The molecule has 1 aliphatic heterocycles. The highest BCUT2D eigenvalue weighted by Gasteiger charge is 2.37. The van der Waals surface area contributed by atoms with Crippen molar-refractivity contribution in [3.63, 3.8) is 0 Å². The Hall–Kier alpha value is -0.490. The van der Waals surface area contributed by atoms with E-state index in [4.69, 9.17) is 11.6 Å². The Bertz CT molecular complexity index is 501. The van der Waals surface area contributed by atoms with Gasteiger partial charge in [-0.3, -0.25) is 4.90 Å². The van der Waals surface area contributed by atoms with Gasteiger partial charge in [-0.15, -0.1) is 12.4 Å². The van der Waals surface area contributed by atoms with E-state index in [9.17, 15) is 13.2 Å². The predicted octanol–water partition coefficient (Wildman–Crippen LogP) is 4.77. The highest BCUT2D eigenvalue weighted by molar-refractivity contribution is 6.30. The van der Waals surface area contributed by atoms with Gasteiger partial charge in [0, 0.05) is 37.2 Å². The Kier molecular flexibility index (Phi) is 7.65. The maximum atomic E-state index is 13.4. The number of hydrogen-bond donors (Lipinski definition) is 1. The van der Waals surface area contributed by atoms with Crippen LogP contribution in [-0.4, -0.2) is 31.1 Å². The van der Waals surface area contributed by atoms with Crippen molar-refractivity contribution in [2.75, 3.05) is 26.2 Å². The first-order chi connectivity index (χ1) is 10.3. The highest BCUT2D eigenvalue weighted by atomic mass is 35.5. The van der Waals surface area contributed by atoms with Crippen LogP contribution in [0.25, 0.3) is 0 Å². The summed E-state index contributed by atoms with van der Waals surface area (Å²) in [5, 5.41) is 3.37. The molecule has 2 nitrogen and oxygen atoms in total. The SMILES string of the molecule is CC(C)C[C@H](c1ccc(Cl)cc1C(F)(F)F)N1CCNCC1.Cl. The minimum Gasteiger partial charge on any atom is -0.314 e. The van der Waals surface area contributed by atoms with Crippen LogP contribution in [0, 0.1) is 5.92 Å². The standard InChI is InChI=1S/C16H22ClF3N2.ClH/c1-11(2)9-15(22-7-5-21-6-8-22)13-4-3-12(17)10-14(13)16(18,19)20;/h3-4,10-11,15,21H,5-9H2,1-2H3;1H/t15-;/m1./s1. The van der Waals surface area contributed by atoms with Crippen LogP contribution in [0.15, 0.2) is 18.2 Å². The molecule has 1 aliphatic rings. The van der Waals surface area contributed by atoms with E-state index in [1.54, 1.807) is 12.1 Å². The van der Waals surface area contributed by atoms with Gasteiger partial charge < -0.3 is 5.32 Å². The topological polar surface area (TPSA) is 15.3 Å². The number of rotatable bonds is 4. The number of alkyl halides is 3. The molecule has 0 unspecified atom stereocenters. The molecule has 1 aromatic rings. The van der Waals surface area contributed by atoms with Crippen molar-refractivity contribution in [3.05, 3.63) is 34.3 Å². The summed E-state index contributed by atoms with van der Waals surface area (Å²) in [6, 6.07) is 3.92. The summed E-state index contributed by atoms with van der Waals surface area (Å²) in [4.78, 5) is 2.15. The van der Waals surface area contributed by atoms with Gasteiger partial charge in [0.05, 0.1) is 5.56 Å². The van der Waals surface area contributed by atoms with Crippen molar-refractivity contribution >= 4 is 24.0 Å². The van der Waals surface area contributed by atoms with Crippen LogP contribution in [-0.2, 0) is 6.18 Å². The summed E-state index contributed by atoms with van der Waals surface area (Å²) in [7, 11) is 0. The molecule has 7 heteroatoms. The second-order valence-corrected chi connectivity index (χ2v) is 6.60. The summed E-state index contributed by atoms with van der Waals surface area (Å²) < 4.78 is 40.2. The Morgan fingerprint density at radius 3 is 2.35 bits per heavy atom. The molecule has 0 bridgehead atoms. The van der Waals surface area contributed by atoms with Crippen LogP contribution >= 0.6 is 24.0 Å². The number of halogens is 5. The maximum absolute atomic E-state index is 13.4. The smallest absolute Gasteiger partial charge is 0.314 e. The number of benzene rings is 1. The van der Waals surface area contributed by atoms with E-state index in [2.05, 4.69) is 10.2 Å². The second kappa shape index (κ2) is 8.56. The molecule has 23 heavy (non-hydrogen) atoms. The van der Waals surface area contributed by atoms with Gasteiger partial charge in [-0.05, 0) is 30.0 Å².